The number of amides is 1. The minimum absolute atomic E-state index is 0.247. The fourth-order valence-corrected chi connectivity index (χ4v) is 2.40. The molecule has 1 aromatic carbocycles. The van der Waals surface area contributed by atoms with E-state index in [4.69, 9.17) is 0 Å². The van der Waals surface area contributed by atoms with Gasteiger partial charge in [-0.25, -0.2) is 0 Å². The lowest BCUT2D eigenvalue weighted by molar-refractivity contribution is 0.102. The van der Waals surface area contributed by atoms with Crippen LogP contribution < -0.4 is 5.32 Å². The number of hydrogen-bond acceptors (Lipinski definition) is 3. The maximum absolute atomic E-state index is 12.2. The van der Waals surface area contributed by atoms with Gasteiger partial charge in [-0.3, -0.25) is 9.48 Å². The number of aliphatic hydroxyl groups excluding tert-OH is 1. The number of carbonyl (C=O) groups is 1. The molecule has 20 heavy (non-hydrogen) atoms. The Morgan fingerprint density at radius 3 is 2.85 bits per heavy atom. The molecule has 2 N–H and O–H groups in total. The molecule has 0 saturated heterocycles. The number of rotatable bonds is 2. The largest absolute Gasteiger partial charge is 0.387 e. The fraction of sp³-hybridized carbons (Fsp3) is 0.333. The van der Waals surface area contributed by atoms with E-state index in [1.165, 1.54) is 0 Å². The van der Waals surface area contributed by atoms with Gasteiger partial charge < -0.3 is 10.4 Å². The van der Waals surface area contributed by atoms with Crippen molar-refractivity contribution in [2.75, 3.05) is 5.32 Å². The number of benzene rings is 1. The van der Waals surface area contributed by atoms with Gasteiger partial charge in [-0.05, 0) is 38.0 Å². The summed E-state index contributed by atoms with van der Waals surface area (Å²) < 4.78 is 1.72. The zero-order valence-corrected chi connectivity index (χ0v) is 11.3. The van der Waals surface area contributed by atoms with Crippen LogP contribution in [0.1, 0.15) is 40.7 Å². The smallest absolute Gasteiger partial charge is 0.276 e. The minimum atomic E-state index is -0.517. The molecule has 1 amide bonds. The zero-order chi connectivity index (χ0) is 14.1. The van der Waals surface area contributed by atoms with Gasteiger partial charge >= 0.3 is 0 Å². The molecule has 1 atom stereocenters. The van der Waals surface area contributed by atoms with Gasteiger partial charge in [-0.2, -0.15) is 5.10 Å². The molecule has 0 bridgehead atoms. The SMILES string of the molecule is Cc1ccc(NC(=O)c2cc3n(n2)CCC[C@@H]3O)cc1. The normalized spacial score (nSPS) is 17.6. The van der Waals surface area contributed by atoms with Crippen LogP contribution in [0.5, 0.6) is 0 Å². The molecule has 0 spiro atoms. The first kappa shape index (κ1) is 12.9. The van der Waals surface area contributed by atoms with Crippen LogP contribution in [0, 0.1) is 6.92 Å². The summed E-state index contributed by atoms with van der Waals surface area (Å²) in [7, 11) is 0. The van der Waals surface area contributed by atoms with E-state index in [1.54, 1.807) is 10.7 Å². The van der Waals surface area contributed by atoms with Crippen LogP contribution in [-0.4, -0.2) is 20.8 Å². The highest BCUT2D eigenvalue weighted by molar-refractivity contribution is 6.02. The summed E-state index contributed by atoms with van der Waals surface area (Å²) in [5, 5.41) is 17.0. The van der Waals surface area contributed by atoms with Crippen molar-refractivity contribution in [1.82, 2.24) is 9.78 Å². The first-order valence-electron chi connectivity index (χ1n) is 6.77. The Morgan fingerprint density at radius 1 is 1.40 bits per heavy atom. The molecule has 0 aliphatic carbocycles. The third-order valence-electron chi connectivity index (χ3n) is 3.54. The van der Waals surface area contributed by atoms with Crippen LogP contribution in [0.15, 0.2) is 30.3 Å². The zero-order valence-electron chi connectivity index (χ0n) is 11.3. The Bertz CT molecular complexity index is 631. The molecule has 0 fully saturated rings. The number of anilines is 1. The standard InChI is InChI=1S/C15H17N3O2/c1-10-4-6-11(7-5-10)16-15(20)12-9-13-14(19)3-2-8-18(13)17-12/h4-7,9,14,19H,2-3,8H2,1H3,(H,16,20)/t14-/m0/s1. The second-order valence-electron chi connectivity index (χ2n) is 5.16. The summed E-state index contributed by atoms with van der Waals surface area (Å²) >= 11 is 0. The summed E-state index contributed by atoms with van der Waals surface area (Å²) in [4.78, 5) is 12.2. The number of nitrogens with zero attached hydrogens (tertiary/aromatic N) is 2. The maximum atomic E-state index is 12.2. The molecule has 5 nitrogen and oxygen atoms in total. The number of hydrogen-bond donors (Lipinski definition) is 2. The molecule has 2 heterocycles. The lowest BCUT2D eigenvalue weighted by Crippen LogP contribution is -2.16. The lowest BCUT2D eigenvalue weighted by Gasteiger charge is -2.18. The Balaban J connectivity index is 1.79. The fourth-order valence-electron chi connectivity index (χ4n) is 2.40. The summed E-state index contributed by atoms with van der Waals surface area (Å²) in [6, 6.07) is 9.28. The Morgan fingerprint density at radius 2 is 2.15 bits per heavy atom. The van der Waals surface area contributed by atoms with Gasteiger partial charge in [0.2, 0.25) is 0 Å². The number of nitrogens with one attached hydrogen (secondary N) is 1. The van der Waals surface area contributed by atoms with Crippen LogP contribution >= 0.6 is 0 Å². The topological polar surface area (TPSA) is 67.2 Å². The van der Waals surface area contributed by atoms with Gasteiger partial charge in [-0.15, -0.1) is 0 Å². The molecule has 1 aromatic heterocycles. The second kappa shape index (κ2) is 5.09. The summed E-state index contributed by atoms with van der Waals surface area (Å²) in [6.07, 6.45) is 1.09. The first-order chi connectivity index (χ1) is 9.63. The maximum Gasteiger partial charge on any atom is 0.276 e. The minimum Gasteiger partial charge on any atom is -0.387 e. The summed E-state index contributed by atoms with van der Waals surface area (Å²) in [5.41, 5.74) is 2.96. The Labute approximate surface area is 117 Å². The van der Waals surface area contributed by atoms with E-state index in [0.717, 1.165) is 36.3 Å². The molecule has 0 saturated carbocycles. The van der Waals surface area contributed by atoms with Crippen LogP contribution in [0.3, 0.4) is 0 Å². The highest BCUT2D eigenvalue weighted by Gasteiger charge is 2.22. The third kappa shape index (κ3) is 2.44. The number of aliphatic hydroxyl groups is 1. The van der Waals surface area contributed by atoms with E-state index >= 15 is 0 Å². The molecule has 3 rings (SSSR count). The van der Waals surface area contributed by atoms with Gasteiger partial charge in [0.1, 0.15) is 0 Å². The van der Waals surface area contributed by atoms with E-state index in [1.807, 2.05) is 31.2 Å². The van der Waals surface area contributed by atoms with Gasteiger partial charge in [0.05, 0.1) is 11.8 Å². The van der Waals surface area contributed by atoms with Crippen molar-refractivity contribution in [3.8, 4) is 0 Å². The average Bonchev–Trinajstić information content (AvgIpc) is 2.87. The summed E-state index contributed by atoms with van der Waals surface area (Å²) in [5.74, 6) is -0.247. The molecule has 1 aliphatic heterocycles. The van der Waals surface area contributed by atoms with Crippen molar-refractivity contribution < 1.29 is 9.90 Å². The molecule has 0 radical (unpaired) electrons. The molecule has 0 unspecified atom stereocenters. The molecular weight excluding hydrogens is 254 g/mol. The molecular formula is C15H17N3O2. The first-order valence-corrected chi connectivity index (χ1v) is 6.77. The highest BCUT2D eigenvalue weighted by Crippen LogP contribution is 2.25. The van der Waals surface area contributed by atoms with Crippen molar-refractivity contribution in [3.05, 3.63) is 47.3 Å². The van der Waals surface area contributed by atoms with Crippen molar-refractivity contribution >= 4 is 11.6 Å². The molecule has 5 heteroatoms. The van der Waals surface area contributed by atoms with E-state index in [2.05, 4.69) is 10.4 Å². The quantitative estimate of drug-likeness (QED) is 0.880. The predicted molar refractivity (Wildman–Crippen MR) is 75.6 cm³/mol. The van der Waals surface area contributed by atoms with Crippen LogP contribution in [-0.2, 0) is 6.54 Å². The van der Waals surface area contributed by atoms with Crippen LogP contribution in [0.4, 0.5) is 5.69 Å². The van der Waals surface area contributed by atoms with Crippen molar-refractivity contribution in [2.24, 2.45) is 0 Å². The van der Waals surface area contributed by atoms with Crippen molar-refractivity contribution in [1.29, 1.82) is 0 Å². The summed E-state index contributed by atoms with van der Waals surface area (Å²) in [6.45, 7) is 2.75. The van der Waals surface area contributed by atoms with E-state index < -0.39 is 6.10 Å². The van der Waals surface area contributed by atoms with Gasteiger partial charge in [0.15, 0.2) is 5.69 Å². The third-order valence-corrected chi connectivity index (χ3v) is 3.54. The molecule has 104 valence electrons. The van der Waals surface area contributed by atoms with E-state index in [-0.39, 0.29) is 5.91 Å². The number of aryl methyl sites for hydroxylation is 2. The van der Waals surface area contributed by atoms with E-state index in [9.17, 15) is 9.90 Å². The predicted octanol–water partition coefficient (Wildman–Crippen LogP) is 2.27. The Hall–Kier alpha value is -2.14. The number of fused-ring (bicyclic) bond motifs is 1. The van der Waals surface area contributed by atoms with Crippen LogP contribution in [0.25, 0.3) is 0 Å². The highest BCUT2D eigenvalue weighted by atomic mass is 16.3. The van der Waals surface area contributed by atoms with Crippen molar-refractivity contribution in [2.45, 2.75) is 32.4 Å². The van der Waals surface area contributed by atoms with Gasteiger partial charge in [0.25, 0.3) is 5.91 Å². The number of carbonyl (C=O) groups excluding carboxylic acids is 1. The molecule has 2 aromatic rings. The molecule has 1 aliphatic rings. The Kier molecular flexibility index (Phi) is 3.28. The van der Waals surface area contributed by atoms with Gasteiger partial charge in [-0.1, -0.05) is 17.7 Å². The number of aromatic nitrogens is 2. The monoisotopic (exact) mass is 271 g/mol. The average molecular weight is 271 g/mol. The lowest BCUT2D eigenvalue weighted by atomic mass is 10.1. The van der Waals surface area contributed by atoms with Gasteiger partial charge in [0, 0.05) is 12.2 Å². The van der Waals surface area contributed by atoms with Crippen LogP contribution in [0.2, 0.25) is 0 Å². The van der Waals surface area contributed by atoms with E-state index in [0.29, 0.717) is 5.69 Å². The van der Waals surface area contributed by atoms with Crippen molar-refractivity contribution in [3.63, 3.8) is 0 Å². The second-order valence-corrected chi connectivity index (χ2v) is 5.16.